The normalized spacial score (nSPS) is 17.7. The maximum atomic E-state index is 5.37. The van der Waals surface area contributed by atoms with Crippen LogP contribution in [0.4, 0.5) is 0 Å². The summed E-state index contributed by atoms with van der Waals surface area (Å²) in [6, 6.07) is 6.20. The number of benzene rings is 1. The molecule has 1 aliphatic rings. The molecule has 3 heteroatoms. The van der Waals surface area contributed by atoms with Crippen LogP contribution in [0.2, 0.25) is 0 Å². The van der Waals surface area contributed by atoms with Gasteiger partial charge in [0.1, 0.15) is 5.75 Å². The van der Waals surface area contributed by atoms with Gasteiger partial charge in [-0.1, -0.05) is 12.1 Å². The van der Waals surface area contributed by atoms with Crippen LogP contribution in [0.25, 0.3) is 0 Å². The predicted molar refractivity (Wildman–Crippen MR) is 63.5 cm³/mol. The van der Waals surface area contributed by atoms with Gasteiger partial charge in [0.05, 0.1) is 11.6 Å². The summed E-state index contributed by atoms with van der Waals surface area (Å²) in [6.45, 7) is 1.74. The fraction of sp³-hybridized carbons (Fsp3) is 0.500. The average Bonchev–Trinajstić information content (AvgIpc) is 2.30. The monoisotopic (exact) mass is 270 g/mol. The van der Waals surface area contributed by atoms with Gasteiger partial charge in [0.25, 0.3) is 0 Å². The lowest BCUT2D eigenvalue weighted by Crippen LogP contribution is -2.14. The van der Waals surface area contributed by atoms with Crippen molar-refractivity contribution in [2.24, 2.45) is 0 Å². The van der Waals surface area contributed by atoms with Gasteiger partial charge in [-0.2, -0.15) is 0 Å². The molecule has 0 amide bonds. The van der Waals surface area contributed by atoms with Gasteiger partial charge in [-0.05, 0) is 46.3 Å². The maximum Gasteiger partial charge on any atom is 0.133 e. The van der Waals surface area contributed by atoms with Crippen LogP contribution in [0.1, 0.15) is 24.3 Å². The lowest BCUT2D eigenvalue weighted by atomic mass is 9.92. The number of halogens is 1. The Labute approximate surface area is 98.7 Å². The largest absolute Gasteiger partial charge is 0.496 e. The molecule has 1 saturated heterocycles. The summed E-state index contributed by atoms with van der Waals surface area (Å²) >= 11 is 3.61. The molecule has 15 heavy (non-hydrogen) atoms. The van der Waals surface area contributed by atoms with Gasteiger partial charge in [-0.3, -0.25) is 0 Å². The fourth-order valence-electron chi connectivity index (χ4n) is 2.01. The van der Waals surface area contributed by atoms with Gasteiger partial charge in [0.15, 0.2) is 0 Å². The molecule has 1 aromatic rings. The lowest BCUT2D eigenvalue weighted by molar-refractivity contribution is 0.0851. The van der Waals surface area contributed by atoms with E-state index in [-0.39, 0.29) is 0 Å². The second kappa shape index (κ2) is 4.99. The highest BCUT2D eigenvalue weighted by molar-refractivity contribution is 9.10. The molecule has 0 atom stereocenters. The van der Waals surface area contributed by atoms with Crippen molar-refractivity contribution in [2.75, 3.05) is 20.3 Å². The molecule has 1 aromatic carbocycles. The van der Waals surface area contributed by atoms with Crippen molar-refractivity contribution in [1.29, 1.82) is 0 Å². The lowest BCUT2D eigenvalue weighted by Gasteiger charge is -2.23. The molecule has 2 nitrogen and oxygen atoms in total. The molecular formula is C12H15BrO2. The summed E-state index contributed by atoms with van der Waals surface area (Å²) in [5.74, 6) is 1.52. The molecule has 0 aliphatic carbocycles. The Bertz CT molecular complexity index is 332. The van der Waals surface area contributed by atoms with Crippen molar-refractivity contribution in [2.45, 2.75) is 18.8 Å². The smallest absolute Gasteiger partial charge is 0.133 e. The van der Waals surface area contributed by atoms with E-state index in [1.54, 1.807) is 7.11 Å². The van der Waals surface area contributed by atoms with E-state index in [0.717, 1.165) is 36.3 Å². The molecule has 1 aliphatic heterocycles. The van der Waals surface area contributed by atoms with Crippen molar-refractivity contribution in [3.63, 3.8) is 0 Å². The molecule has 0 radical (unpaired) electrons. The number of hydrogen-bond donors (Lipinski definition) is 0. The van der Waals surface area contributed by atoms with Gasteiger partial charge < -0.3 is 9.47 Å². The molecule has 0 spiro atoms. The number of methoxy groups -OCH3 is 1. The van der Waals surface area contributed by atoms with Crippen LogP contribution < -0.4 is 4.74 Å². The van der Waals surface area contributed by atoms with Gasteiger partial charge in [0.2, 0.25) is 0 Å². The fourth-order valence-corrected chi connectivity index (χ4v) is 2.76. The third kappa shape index (κ3) is 2.34. The first-order chi connectivity index (χ1) is 7.33. The second-order valence-electron chi connectivity index (χ2n) is 3.75. The summed E-state index contributed by atoms with van der Waals surface area (Å²) < 4.78 is 11.8. The molecule has 1 fully saturated rings. The molecule has 82 valence electrons. The van der Waals surface area contributed by atoms with E-state index >= 15 is 0 Å². The molecule has 0 bridgehead atoms. The molecule has 0 saturated carbocycles. The standard InChI is InChI=1S/C12H15BrO2/c1-14-11-4-2-3-10(12(11)13)9-5-7-15-8-6-9/h2-4,9H,5-8H2,1H3. The molecule has 1 heterocycles. The van der Waals surface area contributed by atoms with Crippen molar-refractivity contribution < 1.29 is 9.47 Å². The SMILES string of the molecule is COc1cccc(C2CCOCC2)c1Br. The maximum absolute atomic E-state index is 5.37. The van der Waals surface area contributed by atoms with E-state index < -0.39 is 0 Å². The minimum absolute atomic E-state index is 0.600. The van der Waals surface area contributed by atoms with Crippen molar-refractivity contribution >= 4 is 15.9 Å². The zero-order valence-electron chi connectivity index (χ0n) is 8.83. The topological polar surface area (TPSA) is 18.5 Å². The second-order valence-corrected chi connectivity index (χ2v) is 4.54. The van der Waals surface area contributed by atoms with Crippen LogP contribution in [-0.2, 0) is 4.74 Å². The summed E-state index contributed by atoms with van der Waals surface area (Å²) in [6.07, 6.45) is 2.21. The minimum atomic E-state index is 0.600. The highest BCUT2D eigenvalue weighted by Crippen LogP contribution is 2.37. The van der Waals surface area contributed by atoms with Crippen molar-refractivity contribution in [3.05, 3.63) is 28.2 Å². The van der Waals surface area contributed by atoms with Crippen LogP contribution in [-0.4, -0.2) is 20.3 Å². The molecule has 0 aromatic heterocycles. The Balaban J connectivity index is 2.26. The minimum Gasteiger partial charge on any atom is -0.496 e. The van der Waals surface area contributed by atoms with Crippen molar-refractivity contribution in [1.82, 2.24) is 0 Å². The predicted octanol–water partition coefficient (Wildman–Crippen LogP) is 3.35. The van der Waals surface area contributed by atoms with Crippen LogP contribution in [0.3, 0.4) is 0 Å². The third-order valence-electron chi connectivity index (χ3n) is 2.87. The third-order valence-corrected chi connectivity index (χ3v) is 3.72. The van der Waals surface area contributed by atoms with Crippen LogP contribution in [0.5, 0.6) is 5.75 Å². The van der Waals surface area contributed by atoms with Crippen LogP contribution in [0.15, 0.2) is 22.7 Å². The summed E-state index contributed by atoms with van der Waals surface area (Å²) in [5, 5.41) is 0. The van der Waals surface area contributed by atoms with Crippen LogP contribution >= 0.6 is 15.9 Å². The molecule has 2 rings (SSSR count). The Morgan fingerprint density at radius 2 is 2.07 bits per heavy atom. The number of ether oxygens (including phenoxy) is 2. The van der Waals surface area contributed by atoms with Gasteiger partial charge in [-0.25, -0.2) is 0 Å². The summed E-state index contributed by atoms with van der Waals surface area (Å²) in [7, 11) is 1.70. The molecule has 0 unspecified atom stereocenters. The molecular weight excluding hydrogens is 256 g/mol. The summed E-state index contributed by atoms with van der Waals surface area (Å²) in [5.41, 5.74) is 1.35. The highest BCUT2D eigenvalue weighted by Gasteiger charge is 2.19. The van der Waals surface area contributed by atoms with E-state index in [1.807, 2.05) is 12.1 Å². The molecule has 0 N–H and O–H groups in total. The van der Waals surface area contributed by atoms with E-state index in [9.17, 15) is 0 Å². The first-order valence-corrected chi connectivity index (χ1v) is 6.02. The Hall–Kier alpha value is -0.540. The van der Waals surface area contributed by atoms with Gasteiger partial charge in [0, 0.05) is 13.2 Å². The van der Waals surface area contributed by atoms with Gasteiger partial charge >= 0.3 is 0 Å². The average molecular weight is 271 g/mol. The Kier molecular flexibility index (Phi) is 3.65. The van der Waals surface area contributed by atoms with E-state index in [2.05, 4.69) is 22.0 Å². The first-order valence-electron chi connectivity index (χ1n) is 5.23. The highest BCUT2D eigenvalue weighted by atomic mass is 79.9. The van der Waals surface area contributed by atoms with E-state index in [0.29, 0.717) is 5.92 Å². The number of hydrogen-bond acceptors (Lipinski definition) is 2. The van der Waals surface area contributed by atoms with Gasteiger partial charge in [-0.15, -0.1) is 0 Å². The number of rotatable bonds is 2. The van der Waals surface area contributed by atoms with Crippen LogP contribution in [0, 0.1) is 0 Å². The summed E-state index contributed by atoms with van der Waals surface area (Å²) in [4.78, 5) is 0. The first kappa shape index (κ1) is 11.0. The van der Waals surface area contributed by atoms with Crippen molar-refractivity contribution in [3.8, 4) is 5.75 Å². The zero-order valence-corrected chi connectivity index (χ0v) is 10.4. The van der Waals surface area contributed by atoms with E-state index in [4.69, 9.17) is 9.47 Å². The van der Waals surface area contributed by atoms with E-state index in [1.165, 1.54) is 5.56 Å². The zero-order chi connectivity index (χ0) is 10.7. The Morgan fingerprint density at radius 3 is 2.73 bits per heavy atom. The Morgan fingerprint density at radius 1 is 1.33 bits per heavy atom. The quantitative estimate of drug-likeness (QED) is 0.821.